The summed E-state index contributed by atoms with van der Waals surface area (Å²) in [5.41, 5.74) is -0.276. The van der Waals surface area contributed by atoms with Crippen LogP contribution in [-0.2, 0) is 11.3 Å². The van der Waals surface area contributed by atoms with Crippen LogP contribution in [0.5, 0.6) is 0 Å². The van der Waals surface area contributed by atoms with Crippen molar-refractivity contribution in [2.24, 2.45) is 0 Å². The van der Waals surface area contributed by atoms with Crippen molar-refractivity contribution in [3.05, 3.63) is 28.0 Å². The van der Waals surface area contributed by atoms with E-state index in [2.05, 4.69) is 10.6 Å². The lowest BCUT2D eigenvalue weighted by Crippen LogP contribution is -2.44. The van der Waals surface area contributed by atoms with Crippen molar-refractivity contribution >= 4 is 11.8 Å². The molecule has 0 saturated carbocycles. The lowest BCUT2D eigenvalue weighted by atomic mass is 10.1. The van der Waals surface area contributed by atoms with E-state index in [4.69, 9.17) is 4.42 Å². The Kier molecular flexibility index (Phi) is 4.43. The minimum atomic E-state index is -0.601. The van der Waals surface area contributed by atoms with Crippen LogP contribution in [-0.4, -0.2) is 22.9 Å². The molecule has 7 heteroatoms. The predicted molar refractivity (Wildman–Crippen MR) is 65.0 cm³/mol. The highest BCUT2D eigenvalue weighted by molar-refractivity contribution is 5.78. The van der Waals surface area contributed by atoms with Gasteiger partial charge in [0.25, 0.3) is 0 Å². The molecule has 0 atom stereocenters. The second kappa shape index (κ2) is 5.63. The van der Waals surface area contributed by atoms with Gasteiger partial charge in [0.2, 0.25) is 5.91 Å². The number of nitrogens with one attached hydrogen (secondary N) is 2. The van der Waals surface area contributed by atoms with Crippen LogP contribution in [0.1, 0.15) is 26.5 Å². The van der Waals surface area contributed by atoms with E-state index in [1.54, 1.807) is 0 Å². The maximum Gasteiger partial charge on any atom is 0.433 e. The first-order chi connectivity index (χ1) is 8.28. The molecule has 18 heavy (non-hydrogen) atoms. The summed E-state index contributed by atoms with van der Waals surface area (Å²) in [5.74, 6) is -0.0141. The van der Waals surface area contributed by atoms with Crippen molar-refractivity contribution < 1.29 is 14.1 Å². The molecule has 0 fully saturated rings. The van der Waals surface area contributed by atoms with E-state index < -0.39 is 4.92 Å². The van der Waals surface area contributed by atoms with E-state index in [9.17, 15) is 14.9 Å². The largest absolute Gasteiger partial charge is 0.433 e. The van der Waals surface area contributed by atoms with Crippen LogP contribution in [0.3, 0.4) is 0 Å². The molecule has 0 unspecified atom stereocenters. The summed E-state index contributed by atoms with van der Waals surface area (Å²) in [6.45, 7) is 6.07. The molecule has 0 aliphatic heterocycles. The van der Waals surface area contributed by atoms with Gasteiger partial charge in [-0.05, 0) is 26.8 Å². The number of carbonyl (C=O) groups excluding carboxylic acids is 1. The van der Waals surface area contributed by atoms with E-state index in [1.165, 1.54) is 12.1 Å². The fraction of sp³-hybridized carbons (Fsp3) is 0.545. The summed E-state index contributed by atoms with van der Waals surface area (Å²) in [5, 5.41) is 16.0. The normalized spacial score (nSPS) is 11.3. The monoisotopic (exact) mass is 255 g/mol. The van der Waals surface area contributed by atoms with Gasteiger partial charge in [0, 0.05) is 5.54 Å². The van der Waals surface area contributed by atoms with Gasteiger partial charge in [-0.3, -0.25) is 14.9 Å². The average molecular weight is 255 g/mol. The van der Waals surface area contributed by atoms with Gasteiger partial charge in [-0.25, -0.2) is 0 Å². The van der Waals surface area contributed by atoms with Gasteiger partial charge in [-0.15, -0.1) is 0 Å². The standard InChI is InChI=1S/C11H17N3O4/c1-11(2,3)13-9(15)7-12-6-8-4-5-10(18-8)14(16)17/h4-5,12H,6-7H2,1-3H3,(H,13,15). The Morgan fingerprint density at radius 1 is 1.44 bits per heavy atom. The third-order valence-electron chi connectivity index (χ3n) is 1.93. The molecule has 0 aliphatic carbocycles. The lowest BCUT2D eigenvalue weighted by Gasteiger charge is -2.20. The first-order valence-corrected chi connectivity index (χ1v) is 5.53. The Morgan fingerprint density at radius 2 is 2.11 bits per heavy atom. The highest BCUT2D eigenvalue weighted by Gasteiger charge is 2.14. The first-order valence-electron chi connectivity index (χ1n) is 5.53. The number of amides is 1. The zero-order chi connectivity index (χ0) is 13.8. The van der Waals surface area contributed by atoms with Gasteiger partial charge in [-0.1, -0.05) is 0 Å². The van der Waals surface area contributed by atoms with E-state index in [0.717, 1.165) is 0 Å². The molecule has 1 amide bonds. The summed E-state index contributed by atoms with van der Waals surface area (Å²) in [6, 6.07) is 2.79. The fourth-order valence-corrected chi connectivity index (χ4v) is 1.32. The number of nitro groups is 1. The maximum absolute atomic E-state index is 11.4. The molecule has 0 aromatic carbocycles. The summed E-state index contributed by atoms with van der Waals surface area (Å²) >= 11 is 0. The molecule has 0 bridgehead atoms. The van der Waals surface area contributed by atoms with Crippen LogP contribution in [0, 0.1) is 10.1 Å². The van der Waals surface area contributed by atoms with Crippen molar-refractivity contribution in [1.29, 1.82) is 0 Å². The molecular formula is C11H17N3O4. The predicted octanol–water partition coefficient (Wildman–Crippen LogP) is 1.19. The highest BCUT2D eigenvalue weighted by Crippen LogP contribution is 2.14. The smallest absolute Gasteiger partial charge is 0.404 e. The zero-order valence-electron chi connectivity index (χ0n) is 10.6. The van der Waals surface area contributed by atoms with Gasteiger partial charge in [0.05, 0.1) is 19.2 Å². The van der Waals surface area contributed by atoms with Gasteiger partial charge in [0.15, 0.2) is 0 Å². The summed E-state index contributed by atoms with van der Waals surface area (Å²) in [6.07, 6.45) is 0. The van der Waals surface area contributed by atoms with Crippen molar-refractivity contribution in [3.63, 3.8) is 0 Å². The number of rotatable bonds is 5. The number of carbonyl (C=O) groups is 1. The van der Waals surface area contributed by atoms with Crippen molar-refractivity contribution in [2.75, 3.05) is 6.54 Å². The van der Waals surface area contributed by atoms with Gasteiger partial charge >= 0.3 is 5.88 Å². The van der Waals surface area contributed by atoms with E-state index in [0.29, 0.717) is 5.76 Å². The van der Waals surface area contributed by atoms with Crippen LogP contribution in [0.25, 0.3) is 0 Å². The Labute approximate surface area is 105 Å². The topological polar surface area (TPSA) is 97.4 Å². The molecule has 100 valence electrons. The summed E-state index contributed by atoms with van der Waals surface area (Å²) in [7, 11) is 0. The summed E-state index contributed by atoms with van der Waals surface area (Å²) < 4.78 is 4.93. The van der Waals surface area contributed by atoms with Crippen LogP contribution >= 0.6 is 0 Å². The highest BCUT2D eigenvalue weighted by atomic mass is 16.6. The molecule has 1 aromatic rings. The van der Waals surface area contributed by atoms with Crippen LogP contribution in [0.15, 0.2) is 16.5 Å². The zero-order valence-corrected chi connectivity index (χ0v) is 10.6. The molecule has 2 N–H and O–H groups in total. The third-order valence-corrected chi connectivity index (χ3v) is 1.93. The molecule has 0 saturated heterocycles. The summed E-state index contributed by atoms with van der Waals surface area (Å²) in [4.78, 5) is 21.2. The van der Waals surface area contributed by atoms with Crippen LogP contribution in [0.2, 0.25) is 0 Å². The minimum Gasteiger partial charge on any atom is -0.404 e. The molecule has 7 nitrogen and oxygen atoms in total. The van der Waals surface area contributed by atoms with Gasteiger partial charge < -0.3 is 15.1 Å². The van der Waals surface area contributed by atoms with Crippen LogP contribution in [0.4, 0.5) is 5.88 Å². The molecule has 0 spiro atoms. The SMILES string of the molecule is CC(C)(C)NC(=O)CNCc1ccc([N+](=O)[O-])o1. The first kappa shape index (κ1) is 14.2. The minimum absolute atomic E-state index is 0.131. The third kappa shape index (κ3) is 4.96. The average Bonchev–Trinajstić information content (AvgIpc) is 2.63. The quantitative estimate of drug-likeness (QED) is 0.608. The molecular weight excluding hydrogens is 238 g/mol. The Hall–Kier alpha value is -1.89. The van der Waals surface area contributed by atoms with E-state index >= 15 is 0 Å². The Balaban J connectivity index is 2.33. The number of hydrogen-bond acceptors (Lipinski definition) is 5. The molecule has 0 radical (unpaired) electrons. The molecule has 1 aromatic heterocycles. The van der Waals surface area contributed by atoms with E-state index in [1.807, 2.05) is 20.8 Å². The van der Waals surface area contributed by atoms with Gasteiger partial charge in [-0.2, -0.15) is 0 Å². The molecule has 0 aliphatic rings. The van der Waals surface area contributed by atoms with Crippen molar-refractivity contribution in [2.45, 2.75) is 32.9 Å². The Bertz CT molecular complexity index is 434. The second-order valence-corrected chi connectivity index (χ2v) is 4.90. The molecule has 1 rings (SSSR count). The van der Waals surface area contributed by atoms with Crippen LogP contribution < -0.4 is 10.6 Å². The van der Waals surface area contributed by atoms with Gasteiger partial charge in [0.1, 0.15) is 10.7 Å². The van der Waals surface area contributed by atoms with Crippen molar-refractivity contribution in [3.8, 4) is 0 Å². The maximum atomic E-state index is 11.4. The molecule has 1 heterocycles. The van der Waals surface area contributed by atoms with E-state index in [-0.39, 0.29) is 30.4 Å². The van der Waals surface area contributed by atoms with Crippen molar-refractivity contribution in [1.82, 2.24) is 10.6 Å². The number of furan rings is 1. The number of hydrogen-bond donors (Lipinski definition) is 2. The second-order valence-electron chi connectivity index (χ2n) is 4.90. The fourth-order valence-electron chi connectivity index (χ4n) is 1.32. The lowest BCUT2D eigenvalue weighted by molar-refractivity contribution is -0.402. The Morgan fingerprint density at radius 3 is 2.61 bits per heavy atom. The number of nitrogens with zero attached hydrogens (tertiary/aromatic N) is 1.